The van der Waals surface area contributed by atoms with Gasteiger partial charge in [0.15, 0.2) is 0 Å². The number of rotatable bonds is 6. The Kier molecular flexibility index (Phi) is 5.79. The van der Waals surface area contributed by atoms with E-state index in [0.717, 1.165) is 16.5 Å². The maximum atomic E-state index is 12.0. The predicted octanol–water partition coefficient (Wildman–Crippen LogP) is 3.33. The topological polar surface area (TPSA) is 79.8 Å². The number of hydrazone groups is 1. The highest BCUT2D eigenvalue weighted by Gasteiger charge is 2.05. The van der Waals surface area contributed by atoms with Gasteiger partial charge in [0, 0.05) is 23.6 Å². The van der Waals surface area contributed by atoms with Crippen molar-refractivity contribution in [3.63, 3.8) is 0 Å². The molecule has 3 aromatic rings. The first-order valence-corrected chi connectivity index (χ1v) is 8.44. The lowest BCUT2D eigenvalue weighted by atomic mass is 10.1. The third kappa shape index (κ3) is 4.92. The number of benzene rings is 3. The lowest BCUT2D eigenvalue weighted by Crippen LogP contribution is -2.26. The molecular formula is C21H19N3O3. The number of para-hydroxylation sites is 1. The predicted molar refractivity (Wildman–Crippen MR) is 106 cm³/mol. The smallest absolute Gasteiger partial charge is 0.308 e. The molecule has 136 valence electrons. The second-order valence-electron chi connectivity index (χ2n) is 5.80. The molecular weight excluding hydrogens is 342 g/mol. The van der Waals surface area contributed by atoms with Gasteiger partial charge in [0.2, 0.25) is 0 Å². The van der Waals surface area contributed by atoms with Crippen LogP contribution in [-0.4, -0.2) is 24.6 Å². The van der Waals surface area contributed by atoms with Crippen LogP contribution in [0.15, 0.2) is 71.8 Å². The lowest BCUT2D eigenvalue weighted by Gasteiger charge is -2.09. The molecule has 0 atom stereocenters. The SMILES string of the molecule is CC(=O)Oc1ccccc1/C=N\NC(=O)CNc1cccc2ccccc12. The monoisotopic (exact) mass is 361 g/mol. The number of hydrogen-bond donors (Lipinski definition) is 2. The molecule has 0 radical (unpaired) electrons. The molecule has 0 unspecified atom stereocenters. The fraction of sp³-hybridized carbons (Fsp3) is 0.0952. The van der Waals surface area contributed by atoms with E-state index in [4.69, 9.17) is 4.74 Å². The van der Waals surface area contributed by atoms with E-state index in [-0.39, 0.29) is 12.5 Å². The summed E-state index contributed by atoms with van der Waals surface area (Å²) in [5.74, 6) is -0.319. The summed E-state index contributed by atoms with van der Waals surface area (Å²) in [6.45, 7) is 1.41. The highest BCUT2D eigenvalue weighted by molar-refractivity contribution is 5.95. The highest BCUT2D eigenvalue weighted by atomic mass is 16.5. The number of nitrogens with zero attached hydrogens (tertiary/aromatic N) is 1. The summed E-state index contributed by atoms with van der Waals surface area (Å²) in [7, 11) is 0. The van der Waals surface area contributed by atoms with Crippen molar-refractivity contribution in [1.29, 1.82) is 0 Å². The highest BCUT2D eigenvalue weighted by Crippen LogP contribution is 2.22. The van der Waals surface area contributed by atoms with Crippen molar-refractivity contribution in [3.8, 4) is 5.75 Å². The van der Waals surface area contributed by atoms with Gasteiger partial charge >= 0.3 is 5.97 Å². The average molecular weight is 361 g/mol. The molecule has 0 saturated heterocycles. The zero-order valence-corrected chi connectivity index (χ0v) is 14.8. The van der Waals surface area contributed by atoms with E-state index in [1.165, 1.54) is 13.1 Å². The Bertz CT molecular complexity index is 993. The number of nitrogens with one attached hydrogen (secondary N) is 2. The largest absolute Gasteiger partial charge is 0.426 e. The minimum Gasteiger partial charge on any atom is -0.426 e. The minimum atomic E-state index is -0.417. The third-order valence-corrected chi connectivity index (χ3v) is 3.79. The Morgan fingerprint density at radius 2 is 1.74 bits per heavy atom. The van der Waals surface area contributed by atoms with Crippen molar-refractivity contribution in [2.45, 2.75) is 6.92 Å². The number of carbonyl (C=O) groups is 2. The molecule has 0 aliphatic carbocycles. The van der Waals surface area contributed by atoms with E-state index in [0.29, 0.717) is 11.3 Å². The van der Waals surface area contributed by atoms with Gasteiger partial charge in [-0.2, -0.15) is 5.10 Å². The molecule has 0 spiro atoms. The van der Waals surface area contributed by atoms with E-state index >= 15 is 0 Å². The van der Waals surface area contributed by atoms with Crippen molar-refractivity contribution in [2.75, 3.05) is 11.9 Å². The summed E-state index contributed by atoms with van der Waals surface area (Å²) in [5, 5.41) is 9.19. The van der Waals surface area contributed by atoms with Gasteiger partial charge in [-0.05, 0) is 23.6 Å². The zero-order chi connectivity index (χ0) is 19.1. The molecule has 0 aromatic heterocycles. The van der Waals surface area contributed by atoms with E-state index < -0.39 is 5.97 Å². The van der Waals surface area contributed by atoms with Gasteiger partial charge in [-0.25, -0.2) is 5.43 Å². The minimum absolute atomic E-state index is 0.0803. The van der Waals surface area contributed by atoms with Gasteiger partial charge < -0.3 is 10.1 Å². The Hall–Kier alpha value is -3.67. The number of amides is 1. The van der Waals surface area contributed by atoms with Gasteiger partial charge in [-0.1, -0.05) is 48.5 Å². The van der Waals surface area contributed by atoms with Crippen molar-refractivity contribution in [1.82, 2.24) is 5.43 Å². The van der Waals surface area contributed by atoms with Crippen LogP contribution in [0, 0.1) is 0 Å². The lowest BCUT2D eigenvalue weighted by molar-refractivity contribution is -0.131. The average Bonchev–Trinajstić information content (AvgIpc) is 2.67. The molecule has 0 saturated carbocycles. The van der Waals surface area contributed by atoms with Crippen LogP contribution in [0.3, 0.4) is 0 Å². The third-order valence-electron chi connectivity index (χ3n) is 3.79. The van der Waals surface area contributed by atoms with Crippen LogP contribution in [0.2, 0.25) is 0 Å². The quantitative estimate of drug-likeness (QED) is 0.305. The molecule has 3 aromatic carbocycles. The summed E-state index contributed by atoms with van der Waals surface area (Å²) in [5.41, 5.74) is 3.93. The van der Waals surface area contributed by atoms with Gasteiger partial charge in [0.25, 0.3) is 5.91 Å². The van der Waals surface area contributed by atoms with Crippen LogP contribution in [0.5, 0.6) is 5.75 Å². The van der Waals surface area contributed by atoms with Crippen LogP contribution in [0.1, 0.15) is 12.5 Å². The first-order chi connectivity index (χ1) is 13.1. The Labute approximate surface area is 156 Å². The molecule has 27 heavy (non-hydrogen) atoms. The Morgan fingerprint density at radius 1 is 1.00 bits per heavy atom. The summed E-state index contributed by atoms with van der Waals surface area (Å²) >= 11 is 0. The number of anilines is 1. The summed E-state index contributed by atoms with van der Waals surface area (Å²) in [6.07, 6.45) is 1.44. The van der Waals surface area contributed by atoms with Gasteiger partial charge in [-0.3, -0.25) is 9.59 Å². The molecule has 3 rings (SSSR count). The van der Waals surface area contributed by atoms with E-state index in [2.05, 4.69) is 15.8 Å². The molecule has 0 fully saturated rings. The van der Waals surface area contributed by atoms with Crippen molar-refractivity contribution in [2.24, 2.45) is 5.10 Å². The molecule has 0 aliphatic heterocycles. The first-order valence-electron chi connectivity index (χ1n) is 8.44. The first kappa shape index (κ1) is 18.1. The van der Waals surface area contributed by atoms with Gasteiger partial charge in [0.05, 0.1) is 12.8 Å². The summed E-state index contributed by atoms with van der Waals surface area (Å²) in [6, 6.07) is 20.8. The van der Waals surface area contributed by atoms with Crippen molar-refractivity contribution < 1.29 is 14.3 Å². The molecule has 0 bridgehead atoms. The number of carbonyl (C=O) groups excluding carboxylic acids is 2. The normalized spacial score (nSPS) is 10.7. The molecule has 0 heterocycles. The molecule has 1 amide bonds. The van der Waals surface area contributed by atoms with Crippen LogP contribution in [0.4, 0.5) is 5.69 Å². The van der Waals surface area contributed by atoms with Crippen LogP contribution in [-0.2, 0) is 9.59 Å². The molecule has 6 heteroatoms. The number of fused-ring (bicyclic) bond motifs is 1. The maximum Gasteiger partial charge on any atom is 0.308 e. The number of hydrogen-bond acceptors (Lipinski definition) is 5. The van der Waals surface area contributed by atoms with Crippen molar-refractivity contribution >= 4 is 34.6 Å². The Morgan fingerprint density at radius 3 is 2.59 bits per heavy atom. The molecule has 2 N–H and O–H groups in total. The van der Waals surface area contributed by atoms with Gasteiger partial charge in [0.1, 0.15) is 5.75 Å². The fourth-order valence-corrected chi connectivity index (χ4v) is 2.60. The fourth-order valence-electron chi connectivity index (χ4n) is 2.60. The van der Waals surface area contributed by atoms with E-state index in [1.54, 1.807) is 24.3 Å². The van der Waals surface area contributed by atoms with Crippen LogP contribution in [0.25, 0.3) is 10.8 Å². The van der Waals surface area contributed by atoms with Crippen LogP contribution >= 0.6 is 0 Å². The molecule has 6 nitrogen and oxygen atoms in total. The van der Waals surface area contributed by atoms with E-state index in [9.17, 15) is 9.59 Å². The second kappa shape index (κ2) is 8.62. The summed E-state index contributed by atoms with van der Waals surface area (Å²) in [4.78, 5) is 23.1. The van der Waals surface area contributed by atoms with Crippen LogP contribution < -0.4 is 15.5 Å². The number of ether oxygens (including phenoxy) is 1. The molecule has 0 aliphatic rings. The summed E-state index contributed by atoms with van der Waals surface area (Å²) < 4.78 is 5.09. The zero-order valence-electron chi connectivity index (χ0n) is 14.8. The van der Waals surface area contributed by atoms with E-state index in [1.807, 2.05) is 42.5 Å². The number of esters is 1. The van der Waals surface area contributed by atoms with Crippen molar-refractivity contribution in [3.05, 3.63) is 72.3 Å². The Balaban J connectivity index is 1.59. The second-order valence-corrected chi connectivity index (χ2v) is 5.80. The van der Waals surface area contributed by atoms with Gasteiger partial charge in [-0.15, -0.1) is 0 Å². The maximum absolute atomic E-state index is 12.0. The standard InChI is InChI=1S/C21H19N3O3/c1-15(25)27-20-12-5-3-8-17(20)13-23-24-21(26)14-22-19-11-6-9-16-7-2-4-10-18(16)19/h2-13,22H,14H2,1H3,(H,24,26)/b23-13-.